The topological polar surface area (TPSA) is 0 Å². The molecule has 23 heavy (non-hydrogen) atoms. The molecule has 2 aliphatic carbocycles. The van der Waals surface area contributed by atoms with Gasteiger partial charge in [-0.25, -0.2) is 0 Å². The molecule has 0 aromatic rings. The van der Waals surface area contributed by atoms with E-state index in [1.807, 2.05) is 0 Å². The van der Waals surface area contributed by atoms with Crippen molar-refractivity contribution in [3.05, 3.63) is 11.8 Å². The van der Waals surface area contributed by atoms with Gasteiger partial charge in [-0.3, -0.25) is 0 Å². The van der Waals surface area contributed by atoms with E-state index in [9.17, 15) is 0 Å². The van der Waals surface area contributed by atoms with Crippen LogP contribution in [0.3, 0.4) is 0 Å². The van der Waals surface area contributed by atoms with Gasteiger partial charge in [0.1, 0.15) is 0 Å². The predicted octanol–water partition coefficient (Wildman–Crippen LogP) is 7.65. The summed E-state index contributed by atoms with van der Waals surface area (Å²) in [4.78, 5) is 0. The Morgan fingerprint density at radius 3 is 0.783 bits per heavy atom. The monoisotopic (exact) mass is 438 g/mol. The van der Waals surface area contributed by atoms with Crippen LogP contribution in [-0.4, -0.2) is 0 Å². The Hall–Kier alpha value is 1.46. The quantitative estimate of drug-likeness (QED) is 0.363. The van der Waals surface area contributed by atoms with Crippen LogP contribution in [0.15, 0.2) is 0 Å². The van der Waals surface area contributed by atoms with E-state index in [0.29, 0.717) is 0 Å². The van der Waals surface area contributed by atoms with Crippen LogP contribution in [-0.2, 0) is 20.8 Å². The van der Waals surface area contributed by atoms with Gasteiger partial charge in [-0.05, 0) is 59.2 Å². The molecule has 2 radical (unpaired) electrons. The molecule has 0 heterocycles. The molecule has 0 aromatic carbocycles. The van der Waals surface area contributed by atoms with Crippen molar-refractivity contribution in [2.24, 2.45) is 47.3 Å². The predicted molar refractivity (Wildman–Crippen MR) is 103 cm³/mol. The van der Waals surface area contributed by atoms with E-state index in [-0.39, 0.29) is 0 Å². The van der Waals surface area contributed by atoms with Crippen molar-refractivity contribution in [1.29, 1.82) is 0 Å². The van der Waals surface area contributed by atoms with E-state index in [1.54, 1.807) is 11.8 Å². The molecular formula is C20H38Cl2Zr. The van der Waals surface area contributed by atoms with E-state index in [0.717, 1.165) is 47.3 Å². The summed E-state index contributed by atoms with van der Waals surface area (Å²) in [5.41, 5.74) is 0. The average Bonchev–Trinajstić information content (AvgIpc) is 2.80. The molecule has 136 valence electrons. The average molecular weight is 441 g/mol. The molecule has 2 saturated carbocycles. The number of hydrogen-bond acceptors (Lipinski definition) is 0. The molecule has 0 nitrogen and oxygen atoms in total. The van der Waals surface area contributed by atoms with Gasteiger partial charge >= 0.3 is 37.9 Å². The molecule has 0 spiro atoms. The molecule has 0 N–H and O–H groups in total. The summed E-state index contributed by atoms with van der Waals surface area (Å²) in [6.45, 7) is 23.6. The first-order valence-electron chi connectivity index (χ1n) is 9.16. The number of halogens is 2. The number of rotatable bonds is 0. The van der Waals surface area contributed by atoms with E-state index < -0.39 is 20.8 Å². The first kappa shape index (κ1) is 24.5. The second-order valence-electron chi connectivity index (χ2n) is 8.17. The standard InChI is InChI=1S/C10H20.C10H18.2ClH.Zr/c2*1-6-7(2)9(4)10(5)8(6)3;;;/h6-10H,1-5H3;6-8H,1-5H3;2*1H;/q;;;;+2/p-2. The van der Waals surface area contributed by atoms with Crippen LogP contribution in [0.1, 0.15) is 69.2 Å². The Morgan fingerprint density at radius 2 is 0.696 bits per heavy atom. The molecule has 3 heteroatoms. The van der Waals surface area contributed by atoms with Crippen LogP contribution in [0.4, 0.5) is 0 Å². The van der Waals surface area contributed by atoms with Crippen molar-refractivity contribution < 1.29 is 20.8 Å². The Morgan fingerprint density at radius 1 is 0.522 bits per heavy atom. The van der Waals surface area contributed by atoms with Gasteiger partial charge in [0.15, 0.2) is 0 Å². The van der Waals surface area contributed by atoms with Crippen LogP contribution in [0.5, 0.6) is 0 Å². The fourth-order valence-corrected chi connectivity index (χ4v) is 4.33. The summed E-state index contributed by atoms with van der Waals surface area (Å²) in [6, 6.07) is 0. The van der Waals surface area contributed by atoms with Crippen LogP contribution < -0.4 is 0 Å². The van der Waals surface area contributed by atoms with Gasteiger partial charge in [0.05, 0.1) is 0 Å². The first-order valence-corrected chi connectivity index (χ1v) is 15.5. The van der Waals surface area contributed by atoms with Crippen molar-refractivity contribution in [2.75, 3.05) is 0 Å². The van der Waals surface area contributed by atoms with Gasteiger partial charge in [-0.2, -0.15) is 0 Å². The molecule has 2 aliphatic rings. The van der Waals surface area contributed by atoms with Crippen LogP contribution in [0.25, 0.3) is 0 Å². The minimum atomic E-state index is -0.826. The molecule has 0 saturated heterocycles. The van der Waals surface area contributed by atoms with Gasteiger partial charge in [0, 0.05) is 0 Å². The van der Waals surface area contributed by atoms with Gasteiger partial charge in [-0.1, -0.05) is 69.2 Å². The molecule has 2 atom stereocenters. The van der Waals surface area contributed by atoms with Crippen LogP contribution in [0.2, 0.25) is 0 Å². The fourth-order valence-electron chi connectivity index (χ4n) is 4.33. The zero-order chi connectivity index (χ0) is 18.5. The fraction of sp³-hybridized carbons (Fsp3) is 0.900. The van der Waals surface area contributed by atoms with Gasteiger partial charge in [-0.15, -0.1) is 0 Å². The van der Waals surface area contributed by atoms with Crippen molar-refractivity contribution in [3.63, 3.8) is 0 Å². The first-order chi connectivity index (χ1) is 10.5. The van der Waals surface area contributed by atoms with E-state index in [2.05, 4.69) is 69.2 Å². The van der Waals surface area contributed by atoms with Crippen molar-refractivity contribution in [2.45, 2.75) is 69.2 Å². The summed E-state index contributed by atoms with van der Waals surface area (Å²) in [6.07, 6.45) is 0. The third kappa shape index (κ3) is 6.29. The third-order valence-electron chi connectivity index (χ3n) is 7.71. The molecule has 2 rings (SSSR count). The minimum absolute atomic E-state index is 0.815. The third-order valence-corrected chi connectivity index (χ3v) is 7.71. The van der Waals surface area contributed by atoms with Crippen molar-refractivity contribution >= 4 is 17.0 Å². The van der Waals surface area contributed by atoms with E-state index >= 15 is 0 Å². The zero-order valence-corrected chi connectivity index (χ0v) is 20.8. The summed E-state index contributed by atoms with van der Waals surface area (Å²) >= 11 is -0.826. The second kappa shape index (κ2) is 11.2. The zero-order valence-electron chi connectivity index (χ0n) is 16.9. The van der Waals surface area contributed by atoms with E-state index in [1.165, 1.54) is 0 Å². The summed E-state index contributed by atoms with van der Waals surface area (Å²) < 4.78 is 0. The maximum atomic E-state index is 4.93. The Labute approximate surface area is 165 Å². The summed E-state index contributed by atoms with van der Waals surface area (Å²) in [5, 5.41) is 0. The SMILES string of the molecule is CC1C(C)C(C)C(C)C1C.C[C]1[C](C)C(C)C(C)C1C.[Cl][Zr][Cl]. The normalized spacial score (nSPS) is 44.2. The van der Waals surface area contributed by atoms with Crippen LogP contribution in [0, 0.1) is 59.2 Å². The van der Waals surface area contributed by atoms with Crippen LogP contribution >= 0.6 is 17.0 Å². The van der Waals surface area contributed by atoms with Gasteiger partial charge in [0.2, 0.25) is 0 Å². The Bertz CT molecular complexity index is 203. The molecule has 2 unspecified atom stereocenters. The molecule has 0 bridgehead atoms. The Kier molecular flexibility index (Phi) is 11.9. The van der Waals surface area contributed by atoms with Gasteiger partial charge in [0.25, 0.3) is 0 Å². The molecule has 0 aliphatic heterocycles. The van der Waals surface area contributed by atoms with Gasteiger partial charge < -0.3 is 0 Å². The molecule has 0 aromatic heterocycles. The summed E-state index contributed by atoms with van der Waals surface area (Å²) in [5.74, 6) is 10.4. The molecule has 2 fully saturated rings. The molecular weight excluding hydrogens is 402 g/mol. The molecule has 0 amide bonds. The summed E-state index contributed by atoms with van der Waals surface area (Å²) in [7, 11) is 9.87. The number of hydrogen-bond donors (Lipinski definition) is 0. The van der Waals surface area contributed by atoms with E-state index in [4.69, 9.17) is 17.0 Å². The van der Waals surface area contributed by atoms with Crippen molar-refractivity contribution in [1.82, 2.24) is 0 Å². The maximum absolute atomic E-state index is 4.93. The Balaban J connectivity index is 0.000000360. The van der Waals surface area contributed by atoms with Crippen molar-refractivity contribution in [3.8, 4) is 0 Å². The second-order valence-corrected chi connectivity index (χ2v) is 11.9.